The van der Waals surface area contributed by atoms with E-state index in [9.17, 15) is 9.90 Å². The number of aryl methyl sites for hydroxylation is 2. The molecule has 0 bridgehead atoms. The maximum Gasteiger partial charge on any atom is 0.167 e. The van der Waals surface area contributed by atoms with E-state index in [0.717, 1.165) is 54.7 Å². The van der Waals surface area contributed by atoms with Crippen LogP contribution in [0.3, 0.4) is 0 Å². The molecule has 2 aliphatic rings. The number of Topliss-reactive ketones (excluding diaryl/α,β-unsaturated/α-hetero) is 1. The van der Waals surface area contributed by atoms with Crippen LogP contribution in [0.2, 0.25) is 0 Å². The van der Waals surface area contributed by atoms with Gasteiger partial charge < -0.3 is 9.84 Å². The molecule has 1 aliphatic heterocycles. The zero-order valence-corrected chi connectivity index (χ0v) is 17.4. The monoisotopic (exact) mass is 390 g/mol. The lowest BCUT2D eigenvalue weighted by molar-refractivity contribution is -0.115. The van der Waals surface area contributed by atoms with Crippen LogP contribution < -0.4 is 0 Å². The lowest BCUT2D eigenvalue weighted by Gasteiger charge is -2.29. The van der Waals surface area contributed by atoms with Gasteiger partial charge in [-0.25, -0.2) is 0 Å². The summed E-state index contributed by atoms with van der Waals surface area (Å²) in [6.45, 7) is 5.73. The van der Waals surface area contributed by atoms with Gasteiger partial charge in [-0.3, -0.25) is 4.79 Å². The summed E-state index contributed by atoms with van der Waals surface area (Å²) in [4.78, 5) is 13.1. The molecule has 152 valence electrons. The maximum absolute atomic E-state index is 13.1. The third-order valence-corrected chi connectivity index (χ3v) is 6.42. The van der Waals surface area contributed by atoms with Gasteiger partial charge in [-0.2, -0.15) is 0 Å². The van der Waals surface area contributed by atoms with E-state index in [2.05, 4.69) is 43.3 Å². The first-order valence-corrected chi connectivity index (χ1v) is 10.7. The molecule has 0 aromatic heterocycles. The van der Waals surface area contributed by atoms with Crippen LogP contribution in [-0.2, 0) is 9.53 Å². The Morgan fingerprint density at radius 3 is 2.31 bits per heavy atom. The number of allylic oxidation sites excluding steroid dienone is 2. The van der Waals surface area contributed by atoms with Crippen molar-refractivity contribution in [3.05, 3.63) is 64.9 Å². The van der Waals surface area contributed by atoms with E-state index in [0.29, 0.717) is 24.3 Å². The van der Waals surface area contributed by atoms with Crippen LogP contribution >= 0.6 is 0 Å². The SMILES string of the molecule is Cc1ccc(-c2ccc(C)c(C3=C(O)CC(CC4CCOCC4)CC3=O)c2)cc1. The topological polar surface area (TPSA) is 46.5 Å². The van der Waals surface area contributed by atoms with Gasteiger partial charge in [0.15, 0.2) is 5.78 Å². The van der Waals surface area contributed by atoms with Gasteiger partial charge in [-0.15, -0.1) is 0 Å². The second kappa shape index (κ2) is 8.54. The molecule has 2 aromatic rings. The standard InChI is InChI=1S/C26H30O3/c1-17-3-6-21(7-4-17)22-8-5-18(2)23(16-22)26-24(27)14-20(15-25(26)28)13-19-9-11-29-12-10-19/h3-8,16,19-20,27H,9-15H2,1-2H3. The Labute approximate surface area is 173 Å². The molecule has 0 spiro atoms. The van der Waals surface area contributed by atoms with Gasteiger partial charge >= 0.3 is 0 Å². The maximum atomic E-state index is 13.1. The molecule has 1 fully saturated rings. The first-order chi connectivity index (χ1) is 14.0. The lowest BCUT2D eigenvalue weighted by atomic mass is 9.77. The lowest BCUT2D eigenvalue weighted by Crippen LogP contribution is -2.24. The Bertz CT molecular complexity index is 917. The van der Waals surface area contributed by atoms with Crippen LogP contribution in [0.15, 0.2) is 48.2 Å². The number of ketones is 1. The van der Waals surface area contributed by atoms with Gasteiger partial charge in [0.25, 0.3) is 0 Å². The summed E-state index contributed by atoms with van der Waals surface area (Å²) in [6, 6.07) is 14.6. The smallest absolute Gasteiger partial charge is 0.167 e. The Balaban J connectivity index is 1.59. The van der Waals surface area contributed by atoms with Crippen molar-refractivity contribution in [2.45, 2.75) is 46.0 Å². The molecule has 3 nitrogen and oxygen atoms in total. The molecule has 2 aromatic carbocycles. The second-order valence-corrected chi connectivity index (χ2v) is 8.71. The quantitative estimate of drug-likeness (QED) is 0.693. The first kappa shape index (κ1) is 19.9. The molecule has 1 aliphatic carbocycles. The highest BCUT2D eigenvalue weighted by Gasteiger charge is 2.31. The zero-order chi connectivity index (χ0) is 20.4. The zero-order valence-electron chi connectivity index (χ0n) is 17.4. The molecule has 1 saturated heterocycles. The Morgan fingerprint density at radius 2 is 1.62 bits per heavy atom. The number of rotatable bonds is 4. The van der Waals surface area contributed by atoms with Crippen LogP contribution in [0.5, 0.6) is 0 Å². The first-order valence-electron chi connectivity index (χ1n) is 10.7. The van der Waals surface area contributed by atoms with Crippen LogP contribution in [-0.4, -0.2) is 24.1 Å². The summed E-state index contributed by atoms with van der Waals surface area (Å²) in [6.07, 6.45) is 4.28. The minimum absolute atomic E-state index is 0.0787. The summed E-state index contributed by atoms with van der Waals surface area (Å²) in [5, 5.41) is 10.8. The van der Waals surface area contributed by atoms with Crippen LogP contribution in [0.4, 0.5) is 0 Å². The fraction of sp³-hybridized carbons (Fsp3) is 0.423. The highest BCUT2D eigenvalue weighted by atomic mass is 16.5. The molecule has 1 atom stereocenters. The third-order valence-electron chi connectivity index (χ3n) is 6.42. The number of carbonyl (C=O) groups excluding carboxylic acids is 1. The molecule has 29 heavy (non-hydrogen) atoms. The highest BCUT2D eigenvalue weighted by Crippen LogP contribution is 2.38. The van der Waals surface area contributed by atoms with E-state index in [1.165, 1.54) is 5.56 Å². The number of carbonyl (C=O) groups is 1. The summed E-state index contributed by atoms with van der Waals surface area (Å²) in [5.41, 5.74) is 5.84. The molecule has 0 saturated carbocycles. The van der Waals surface area contributed by atoms with Gasteiger partial charge in [0.1, 0.15) is 5.76 Å². The van der Waals surface area contributed by atoms with E-state index in [-0.39, 0.29) is 17.5 Å². The number of benzene rings is 2. The predicted octanol–water partition coefficient (Wildman–Crippen LogP) is 6.04. The van der Waals surface area contributed by atoms with Crippen LogP contribution in [0.1, 0.15) is 48.8 Å². The highest BCUT2D eigenvalue weighted by molar-refractivity contribution is 6.22. The molecule has 1 unspecified atom stereocenters. The molecule has 0 radical (unpaired) electrons. The van der Waals surface area contributed by atoms with Gasteiger partial charge in [-0.05, 0) is 73.3 Å². The molecule has 0 amide bonds. The van der Waals surface area contributed by atoms with Crippen molar-refractivity contribution in [1.82, 2.24) is 0 Å². The van der Waals surface area contributed by atoms with Crippen molar-refractivity contribution >= 4 is 11.4 Å². The normalized spacial score (nSPS) is 20.9. The number of aliphatic hydroxyl groups is 1. The largest absolute Gasteiger partial charge is 0.512 e. The van der Waals surface area contributed by atoms with Crippen LogP contribution in [0.25, 0.3) is 16.7 Å². The number of aliphatic hydroxyl groups excluding tert-OH is 1. The Kier molecular flexibility index (Phi) is 5.86. The summed E-state index contributed by atoms with van der Waals surface area (Å²) < 4.78 is 5.45. The summed E-state index contributed by atoms with van der Waals surface area (Å²) in [7, 11) is 0. The van der Waals surface area contributed by atoms with Crippen molar-refractivity contribution in [3.8, 4) is 11.1 Å². The van der Waals surface area contributed by atoms with Crippen molar-refractivity contribution in [2.24, 2.45) is 11.8 Å². The van der Waals surface area contributed by atoms with Gasteiger partial charge in [0.05, 0.1) is 5.57 Å². The molecule has 1 N–H and O–H groups in total. The molecular formula is C26H30O3. The van der Waals surface area contributed by atoms with Gasteiger partial charge in [0.2, 0.25) is 0 Å². The average Bonchev–Trinajstić information content (AvgIpc) is 2.70. The fourth-order valence-corrected chi connectivity index (χ4v) is 4.72. The summed E-state index contributed by atoms with van der Waals surface area (Å²) >= 11 is 0. The number of hydrogen-bond donors (Lipinski definition) is 1. The molecule has 1 heterocycles. The van der Waals surface area contributed by atoms with Gasteiger partial charge in [-0.1, -0.05) is 42.0 Å². The minimum atomic E-state index is 0.0787. The second-order valence-electron chi connectivity index (χ2n) is 8.71. The predicted molar refractivity (Wildman–Crippen MR) is 117 cm³/mol. The van der Waals surface area contributed by atoms with Crippen molar-refractivity contribution < 1.29 is 14.6 Å². The molecule has 4 rings (SSSR count). The van der Waals surface area contributed by atoms with Gasteiger partial charge in [0, 0.05) is 26.1 Å². The van der Waals surface area contributed by atoms with E-state index in [4.69, 9.17) is 4.74 Å². The minimum Gasteiger partial charge on any atom is -0.512 e. The summed E-state index contributed by atoms with van der Waals surface area (Å²) in [5.74, 6) is 1.20. The molecule has 3 heteroatoms. The van der Waals surface area contributed by atoms with Crippen LogP contribution in [0, 0.1) is 25.7 Å². The van der Waals surface area contributed by atoms with E-state index < -0.39 is 0 Å². The van der Waals surface area contributed by atoms with Crippen molar-refractivity contribution in [2.75, 3.05) is 13.2 Å². The number of hydrogen-bond acceptors (Lipinski definition) is 3. The Morgan fingerprint density at radius 1 is 0.931 bits per heavy atom. The van der Waals surface area contributed by atoms with E-state index >= 15 is 0 Å². The van der Waals surface area contributed by atoms with E-state index in [1.807, 2.05) is 13.0 Å². The average molecular weight is 391 g/mol. The van der Waals surface area contributed by atoms with Crippen molar-refractivity contribution in [3.63, 3.8) is 0 Å². The van der Waals surface area contributed by atoms with Crippen molar-refractivity contribution in [1.29, 1.82) is 0 Å². The molecular weight excluding hydrogens is 360 g/mol. The fourth-order valence-electron chi connectivity index (χ4n) is 4.72. The number of ether oxygens (including phenoxy) is 1. The Hall–Kier alpha value is -2.39. The van der Waals surface area contributed by atoms with E-state index in [1.54, 1.807) is 0 Å². The third kappa shape index (κ3) is 4.45.